The number of guanidine groups is 1. The molecule has 31 heavy (non-hydrogen) atoms. The smallest absolute Gasteiger partial charge is 0.426 e. The van der Waals surface area contributed by atoms with Gasteiger partial charge in [0, 0.05) is 13.1 Å². The zero-order chi connectivity index (χ0) is 22.1. The van der Waals surface area contributed by atoms with Gasteiger partial charge in [0.2, 0.25) is 5.96 Å². The van der Waals surface area contributed by atoms with Gasteiger partial charge < -0.3 is 20.1 Å². The van der Waals surface area contributed by atoms with Gasteiger partial charge >= 0.3 is 12.2 Å². The van der Waals surface area contributed by atoms with E-state index in [4.69, 9.17) is 20.6 Å². The van der Waals surface area contributed by atoms with Gasteiger partial charge in [-0.1, -0.05) is 60.7 Å². The van der Waals surface area contributed by atoms with E-state index in [1.165, 1.54) is 0 Å². The zero-order valence-electron chi connectivity index (χ0n) is 17.4. The summed E-state index contributed by atoms with van der Waals surface area (Å²) in [5.41, 5.74) is 7.30. The second kappa shape index (κ2) is 11.1. The molecule has 0 radical (unpaired) electrons. The summed E-state index contributed by atoms with van der Waals surface area (Å²) in [6, 6.07) is 18.3. The molecule has 0 atom stereocenters. The molecule has 3 rings (SSSR count). The SMILES string of the molecule is N=C(N1CCC(CN)CC1)N(C(=O)OCc1ccccc1)C(=O)OCc1ccccc1. The Morgan fingerprint density at radius 1 is 0.903 bits per heavy atom. The Hall–Kier alpha value is -3.39. The standard InChI is InChI=1S/C23H28N4O4/c24-15-18-11-13-26(14-12-18)21(25)27(22(28)30-16-19-7-3-1-4-8-19)23(29)31-17-20-9-5-2-6-10-20/h1-10,18,25H,11-17,24H2. The first-order valence-electron chi connectivity index (χ1n) is 10.3. The molecular formula is C23H28N4O4. The number of nitrogens with one attached hydrogen (secondary N) is 1. The Bertz CT molecular complexity index is 812. The number of likely N-dealkylation sites (tertiary alicyclic amines) is 1. The second-order valence-electron chi connectivity index (χ2n) is 7.41. The fraction of sp³-hybridized carbons (Fsp3) is 0.348. The van der Waals surface area contributed by atoms with E-state index in [-0.39, 0.29) is 19.2 Å². The molecule has 0 aromatic heterocycles. The van der Waals surface area contributed by atoms with Crippen molar-refractivity contribution in [2.24, 2.45) is 11.7 Å². The first-order chi connectivity index (χ1) is 15.1. The summed E-state index contributed by atoms with van der Waals surface area (Å²) in [6.45, 7) is 1.64. The van der Waals surface area contributed by atoms with Gasteiger partial charge in [-0.3, -0.25) is 5.41 Å². The minimum Gasteiger partial charge on any atom is -0.444 e. The largest absolute Gasteiger partial charge is 0.444 e. The third-order valence-corrected chi connectivity index (χ3v) is 5.23. The van der Waals surface area contributed by atoms with Crippen LogP contribution in [0, 0.1) is 11.3 Å². The molecule has 1 aliphatic heterocycles. The number of nitrogens with zero attached hydrogens (tertiary/aromatic N) is 2. The Morgan fingerprint density at radius 3 is 1.77 bits per heavy atom. The topological polar surface area (TPSA) is 109 Å². The normalized spacial score (nSPS) is 14.0. The Labute approximate surface area is 182 Å². The predicted octanol–water partition coefficient (Wildman–Crippen LogP) is 3.57. The third-order valence-electron chi connectivity index (χ3n) is 5.23. The summed E-state index contributed by atoms with van der Waals surface area (Å²) in [4.78, 5) is 27.9. The molecule has 8 heteroatoms. The molecule has 8 nitrogen and oxygen atoms in total. The van der Waals surface area contributed by atoms with E-state index < -0.39 is 12.2 Å². The van der Waals surface area contributed by atoms with Gasteiger partial charge in [-0.05, 0) is 36.4 Å². The van der Waals surface area contributed by atoms with E-state index in [2.05, 4.69) is 0 Å². The summed E-state index contributed by atoms with van der Waals surface area (Å²) in [5, 5.41) is 8.51. The van der Waals surface area contributed by atoms with Gasteiger partial charge in [0.25, 0.3) is 0 Å². The number of amides is 2. The van der Waals surface area contributed by atoms with E-state index in [1.807, 2.05) is 60.7 Å². The minimum absolute atomic E-state index is 0.00926. The van der Waals surface area contributed by atoms with Crippen molar-refractivity contribution in [1.82, 2.24) is 9.80 Å². The maximum atomic E-state index is 12.8. The van der Waals surface area contributed by atoms with Crippen molar-refractivity contribution in [2.45, 2.75) is 26.1 Å². The molecule has 2 aromatic carbocycles. The lowest BCUT2D eigenvalue weighted by Gasteiger charge is -2.35. The van der Waals surface area contributed by atoms with Crippen LogP contribution in [0.5, 0.6) is 0 Å². The first-order valence-corrected chi connectivity index (χ1v) is 10.3. The van der Waals surface area contributed by atoms with Crippen LogP contribution in [0.2, 0.25) is 0 Å². The van der Waals surface area contributed by atoms with E-state index in [1.54, 1.807) is 4.90 Å². The van der Waals surface area contributed by atoms with Gasteiger partial charge in [0.1, 0.15) is 13.2 Å². The van der Waals surface area contributed by atoms with Gasteiger partial charge in [-0.2, -0.15) is 0 Å². The highest BCUT2D eigenvalue weighted by Crippen LogP contribution is 2.18. The molecule has 0 bridgehead atoms. The number of carbonyl (C=O) groups excluding carboxylic acids is 2. The molecule has 1 saturated heterocycles. The van der Waals surface area contributed by atoms with Crippen LogP contribution in [0.15, 0.2) is 60.7 Å². The molecular weight excluding hydrogens is 396 g/mol. The Kier molecular flexibility index (Phi) is 8.00. The van der Waals surface area contributed by atoms with Crippen LogP contribution in [0.4, 0.5) is 9.59 Å². The number of benzene rings is 2. The van der Waals surface area contributed by atoms with Crippen molar-refractivity contribution < 1.29 is 19.1 Å². The molecule has 0 saturated carbocycles. The quantitative estimate of drug-likeness (QED) is 0.561. The molecule has 3 N–H and O–H groups in total. The maximum absolute atomic E-state index is 12.8. The van der Waals surface area contributed by atoms with Crippen molar-refractivity contribution in [1.29, 1.82) is 5.41 Å². The summed E-state index contributed by atoms with van der Waals surface area (Å²) in [6.07, 6.45) is -0.281. The van der Waals surface area contributed by atoms with Crippen molar-refractivity contribution in [3.63, 3.8) is 0 Å². The summed E-state index contributed by atoms with van der Waals surface area (Å²) >= 11 is 0. The number of ether oxygens (including phenoxy) is 2. The number of rotatable bonds is 5. The van der Waals surface area contributed by atoms with Crippen molar-refractivity contribution >= 4 is 18.1 Å². The predicted molar refractivity (Wildman–Crippen MR) is 116 cm³/mol. The molecule has 164 valence electrons. The average Bonchev–Trinajstić information content (AvgIpc) is 2.83. The number of carbonyl (C=O) groups is 2. The van der Waals surface area contributed by atoms with Gasteiger partial charge in [0.15, 0.2) is 0 Å². The number of hydrogen-bond acceptors (Lipinski definition) is 6. The first kappa shape index (κ1) is 22.3. The van der Waals surface area contributed by atoms with Gasteiger partial charge in [0.05, 0.1) is 0 Å². The molecule has 1 fully saturated rings. The van der Waals surface area contributed by atoms with E-state index >= 15 is 0 Å². The van der Waals surface area contributed by atoms with Crippen molar-refractivity contribution in [2.75, 3.05) is 19.6 Å². The summed E-state index contributed by atoms with van der Waals surface area (Å²) < 4.78 is 10.6. The minimum atomic E-state index is -0.937. The van der Waals surface area contributed by atoms with Crippen molar-refractivity contribution in [3.05, 3.63) is 71.8 Å². The molecule has 1 heterocycles. The highest BCUT2D eigenvalue weighted by Gasteiger charge is 2.34. The highest BCUT2D eigenvalue weighted by atomic mass is 16.6. The lowest BCUT2D eigenvalue weighted by molar-refractivity contribution is 0.0835. The lowest BCUT2D eigenvalue weighted by Crippen LogP contribution is -2.52. The number of nitrogens with two attached hydrogens (primary N) is 1. The second-order valence-corrected chi connectivity index (χ2v) is 7.41. The zero-order valence-corrected chi connectivity index (χ0v) is 17.4. The van der Waals surface area contributed by atoms with Crippen LogP contribution in [0.1, 0.15) is 24.0 Å². The van der Waals surface area contributed by atoms with Crippen LogP contribution >= 0.6 is 0 Å². The summed E-state index contributed by atoms with van der Waals surface area (Å²) in [5.74, 6) is 0.138. The van der Waals surface area contributed by atoms with Gasteiger partial charge in [-0.15, -0.1) is 4.90 Å². The Morgan fingerprint density at radius 2 is 1.35 bits per heavy atom. The van der Waals surface area contributed by atoms with Crippen LogP contribution in [-0.2, 0) is 22.7 Å². The van der Waals surface area contributed by atoms with Crippen LogP contribution < -0.4 is 5.73 Å². The fourth-order valence-electron chi connectivity index (χ4n) is 3.34. The number of imide groups is 1. The number of piperidine rings is 1. The molecule has 0 spiro atoms. The maximum Gasteiger partial charge on any atom is 0.426 e. The fourth-order valence-corrected chi connectivity index (χ4v) is 3.34. The Balaban J connectivity index is 1.68. The van der Waals surface area contributed by atoms with Gasteiger partial charge in [-0.25, -0.2) is 9.59 Å². The molecule has 2 aromatic rings. The third kappa shape index (κ3) is 6.29. The molecule has 1 aliphatic rings. The van der Waals surface area contributed by atoms with Crippen LogP contribution in [0.25, 0.3) is 0 Å². The number of hydrogen-bond donors (Lipinski definition) is 2. The van der Waals surface area contributed by atoms with E-state index in [9.17, 15) is 9.59 Å². The highest BCUT2D eigenvalue weighted by molar-refractivity contribution is 6.06. The van der Waals surface area contributed by atoms with Crippen LogP contribution in [0.3, 0.4) is 0 Å². The van der Waals surface area contributed by atoms with E-state index in [0.717, 1.165) is 24.0 Å². The monoisotopic (exact) mass is 424 g/mol. The van der Waals surface area contributed by atoms with Crippen LogP contribution in [-0.4, -0.2) is 47.6 Å². The lowest BCUT2D eigenvalue weighted by atomic mass is 9.97. The van der Waals surface area contributed by atoms with E-state index in [0.29, 0.717) is 30.5 Å². The van der Waals surface area contributed by atoms with Crippen molar-refractivity contribution in [3.8, 4) is 0 Å². The molecule has 0 unspecified atom stereocenters. The molecule has 2 amide bonds. The average molecular weight is 425 g/mol. The molecule has 0 aliphatic carbocycles. The summed E-state index contributed by atoms with van der Waals surface area (Å²) in [7, 11) is 0.